The van der Waals surface area contributed by atoms with Gasteiger partial charge in [-0.3, -0.25) is 9.69 Å². The summed E-state index contributed by atoms with van der Waals surface area (Å²) in [5.41, 5.74) is 0.376. The number of halogens is 1. The maximum atomic E-state index is 13.8. The van der Waals surface area contributed by atoms with Crippen molar-refractivity contribution in [3.8, 4) is 0 Å². The van der Waals surface area contributed by atoms with E-state index < -0.39 is 6.04 Å². The molecule has 0 aromatic heterocycles. The fourth-order valence-corrected chi connectivity index (χ4v) is 1.84. The molecule has 0 spiro atoms. The molecule has 1 N–H and O–H groups in total. The van der Waals surface area contributed by atoms with Crippen LogP contribution < -0.4 is 5.32 Å². The maximum absolute atomic E-state index is 13.8. The normalized spacial score (nSPS) is 12.5. The van der Waals surface area contributed by atoms with E-state index in [9.17, 15) is 9.18 Å². The number of hydrogen-bond acceptors (Lipinski definition) is 3. The smallest absolute Gasteiger partial charge is 0.242 e. The van der Waals surface area contributed by atoms with Crippen molar-refractivity contribution in [2.75, 3.05) is 33.9 Å². The van der Waals surface area contributed by atoms with Crippen LogP contribution in [0.3, 0.4) is 0 Å². The molecule has 19 heavy (non-hydrogen) atoms. The Balaban J connectivity index is 2.73. The van der Waals surface area contributed by atoms with Gasteiger partial charge in [0.15, 0.2) is 0 Å². The summed E-state index contributed by atoms with van der Waals surface area (Å²) in [5, 5.41) is 2.75. The fourth-order valence-electron chi connectivity index (χ4n) is 1.84. The average molecular weight is 268 g/mol. The fraction of sp³-hybridized carbons (Fsp3) is 0.500. The average Bonchev–Trinajstić information content (AvgIpc) is 2.37. The minimum atomic E-state index is -0.636. The summed E-state index contributed by atoms with van der Waals surface area (Å²) in [4.78, 5) is 13.8. The second-order valence-corrected chi connectivity index (χ2v) is 4.38. The van der Waals surface area contributed by atoms with E-state index in [4.69, 9.17) is 4.74 Å². The first-order valence-corrected chi connectivity index (χ1v) is 6.34. The Morgan fingerprint density at radius 2 is 2.11 bits per heavy atom. The van der Waals surface area contributed by atoms with Gasteiger partial charge in [-0.15, -0.1) is 0 Å². The summed E-state index contributed by atoms with van der Waals surface area (Å²) in [5.74, 6) is -0.601. The van der Waals surface area contributed by atoms with Gasteiger partial charge in [-0.1, -0.05) is 18.2 Å². The number of amides is 1. The number of benzene rings is 1. The van der Waals surface area contributed by atoms with E-state index in [0.717, 1.165) is 0 Å². The minimum absolute atomic E-state index is 0.227. The molecule has 0 saturated heterocycles. The lowest BCUT2D eigenvalue weighted by Crippen LogP contribution is -2.38. The Morgan fingerprint density at radius 1 is 1.42 bits per heavy atom. The van der Waals surface area contributed by atoms with Gasteiger partial charge in [0.25, 0.3) is 0 Å². The number of carbonyl (C=O) groups excluding carboxylic acids is 1. The van der Waals surface area contributed by atoms with Crippen LogP contribution in [0.2, 0.25) is 0 Å². The molecule has 1 aromatic rings. The van der Waals surface area contributed by atoms with Crippen LogP contribution in [-0.4, -0.2) is 44.7 Å². The van der Waals surface area contributed by atoms with E-state index >= 15 is 0 Å². The number of ether oxygens (including phenoxy) is 1. The molecule has 1 rings (SSSR count). The van der Waals surface area contributed by atoms with Crippen molar-refractivity contribution in [3.05, 3.63) is 35.6 Å². The van der Waals surface area contributed by atoms with Crippen molar-refractivity contribution in [3.63, 3.8) is 0 Å². The molecule has 1 amide bonds. The van der Waals surface area contributed by atoms with E-state index in [2.05, 4.69) is 5.32 Å². The van der Waals surface area contributed by atoms with Gasteiger partial charge in [-0.25, -0.2) is 4.39 Å². The molecule has 0 aliphatic carbocycles. The molecule has 0 fully saturated rings. The Bertz CT molecular complexity index is 410. The zero-order valence-electron chi connectivity index (χ0n) is 11.6. The van der Waals surface area contributed by atoms with E-state index in [0.29, 0.717) is 25.3 Å². The standard InChI is InChI=1S/C14H21FN2O2/c1-4-19-10-9-16-14(18)13(17(2)3)11-7-5-6-8-12(11)15/h5-8,13H,4,9-10H2,1-3H3,(H,16,18)/t13-/m1/s1. The van der Waals surface area contributed by atoms with E-state index in [1.54, 1.807) is 37.2 Å². The third kappa shape index (κ3) is 4.61. The molecule has 0 saturated carbocycles. The summed E-state index contributed by atoms with van der Waals surface area (Å²) in [6.45, 7) is 3.38. The van der Waals surface area contributed by atoms with Gasteiger partial charge in [0.05, 0.1) is 6.61 Å². The second-order valence-electron chi connectivity index (χ2n) is 4.38. The molecule has 0 aliphatic rings. The van der Waals surface area contributed by atoms with Crippen molar-refractivity contribution < 1.29 is 13.9 Å². The van der Waals surface area contributed by atoms with E-state index in [1.165, 1.54) is 6.07 Å². The van der Waals surface area contributed by atoms with Crippen LogP contribution in [0.5, 0.6) is 0 Å². The molecule has 0 bridgehead atoms. The quantitative estimate of drug-likeness (QED) is 0.763. The van der Waals surface area contributed by atoms with Gasteiger partial charge < -0.3 is 10.1 Å². The molecular formula is C14H21FN2O2. The first kappa shape index (κ1) is 15.6. The number of rotatable bonds is 7. The van der Waals surface area contributed by atoms with Crippen LogP contribution in [0.1, 0.15) is 18.5 Å². The molecule has 0 unspecified atom stereocenters. The summed E-state index contributed by atoms with van der Waals surface area (Å²) >= 11 is 0. The van der Waals surface area contributed by atoms with Crippen molar-refractivity contribution in [1.82, 2.24) is 10.2 Å². The monoisotopic (exact) mass is 268 g/mol. The van der Waals surface area contributed by atoms with Crippen LogP contribution in [0.15, 0.2) is 24.3 Å². The van der Waals surface area contributed by atoms with Gasteiger partial charge in [-0.05, 0) is 27.1 Å². The zero-order valence-corrected chi connectivity index (χ0v) is 11.6. The number of likely N-dealkylation sites (N-methyl/N-ethyl adjacent to an activating group) is 1. The minimum Gasteiger partial charge on any atom is -0.380 e. The molecule has 0 radical (unpaired) electrons. The first-order valence-electron chi connectivity index (χ1n) is 6.34. The largest absolute Gasteiger partial charge is 0.380 e. The number of nitrogens with zero attached hydrogens (tertiary/aromatic N) is 1. The zero-order chi connectivity index (χ0) is 14.3. The molecule has 1 aromatic carbocycles. The lowest BCUT2D eigenvalue weighted by molar-refractivity contribution is -0.126. The first-order chi connectivity index (χ1) is 9.07. The highest BCUT2D eigenvalue weighted by molar-refractivity contribution is 5.83. The maximum Gasteiger partial charge on any atom is 0.242 e. The van der Waals surface area contributed by atoms with Gasteiger partial charge in [0.2, 0.25) is 5.91 Å². The van der Waals surface area contributed by atoms with Gasteiger partial charge in [0.1, 0.15) is 11.9 Å². The lowest BCUT2D eigenvalue weighted by atomic mass is 10.0. The lowest BCUT2D eigenvalue weighted by Gasteiger charge is -2.24. The molecule has 5 heteroatoms. The van der Waals surface area contributed by atoms with Crippen molar-refractivity contribution in [2.45, 2.75) is 13.0 Å². The highest BCUT2D eigenvalue weighted by atomic mass is 19.1. The Morgan fingerprint density at radius 3 is 2.68 bits per heavy atom. The van der Waals surface area contributed by atoms with E-state index in [1.807, 2.05) is 6.92 Å². The van der Waals surface area contributed by atoms with Crippen LogP contribution >= 0.6 is 0 Å². The molecular weight excluding hydrogens is 247 g/mol. The van der Waals surface area contributed by atoms with Crippen molar-refractivity contribution in [2.24, 2.45) is 0 Å². The number of carbonyl (C=O) groups is 1. The van der Waals surface area contributed by atoms with Gasteiger partial charge in [-0.2, -0.15) is 0 Å². The molecule has 0 aliphatic heterocycles. The van der Waals surface area contributed by atoms with Crippen LogP contribution in [0, 0.1) is 5.82 Å². The van der Waals surface area contributed by atoms with Crippen molar-refractivity contribution >= 4 is 5.91 Å². The molecule has 0 heterocycles. The van der Waals surface area contributed by atoms with Crippen LogP contribution in [0.25, 0.3) is 0 Å². The van der Waals surface area contributed by atoms with Gasteiger partial charge in [0, 0.05) is 18.7 Å². The number of nitrogens with one attached hydrogen (secondary N) is 1. The predicted molar refractivity (Wildman–Crippen MR) is 72.3 cm³/mol. The summed E-state index contributed by atoms with van der Waals surface area (Å²) in [7, 11) is 3.50. The highest BCUT2D eigenvalue weighted by Crippen LogP contribution is 2.21. The molecule has 4 nitrogen and oxygen atoms in total. The predicted octanol–water partition coefficient (Wildman–Crippen LogP) is 1.58. The Hall–Kier alpha value is -1.46. The van der Waals surface area contributed by atoms with E-state index in [-0.39, 0.29) is 11.7 Å². The van der Waals surface area contributed by atoms with Crippen LogP contribution in [-0.2, 0) is 9.53 Å². The topological polar surface area (TPSA) is 41.6 Å². The summed E-state index contributed by atoms with van der Waals surface area (Å²) < 4.78 is 18.9. The third-order valence-corrected chi connectivity index (χ3v) is 2.71. The van der Waals surface area contributed by atoms with Gasteiger partial charge >= 0.3 is 0 Å². The number of hydrogen-bond donors (Lipinski definition) is 1. The Kier molecular flexibility index (Phi) is 6.45. The Labute approximate surface area is 113 Å². The molecule has 1 atom stereocenters. The third-order valence-electron chi connectivity index (χ3n) is 2.71. The second kappa shape index (κ2) is 7.86. The SMILES string of the molecule is CCOCCNC(=O)[C@@H](c1ccccc1F)N(C)C. The van der Waals surface area contributed by atoms with Crippen LogP contribution in [0.4, 0.5) is 4.39 Å². The molecule has 106 valence electrons. The highest BCUT2D eigenvalue weighted by Gasteiger charge is 2.25. The summed E-state index contributed by atoms with van der Waals surface area (Å²) in [6, 6.07) is 5.69. The van der Waals surface area contributed by atoms with Crippen molar-refractivity contribution in [1.29, 1.82) is 0 Å². The summed E-state index contributed by atoms with van der Waals surface area (Å²) in [6.07, 6.45) is 0.